The molecule has 9 heteroatoms. The van der Waals surface area contributed by atoms with E-state index >= 15 is 0 Å². The van der Waals surface area contributed by atoms with E-state index in [9.17, 15) is 4.79 Å². The average molecular weight is 408 g/mol. The van der Waals surface area contributed by atoms with Crippen LogP contribution < -0.4 is 15.4 Å². The highest BCUT2D eigenvalue weighted by atomic mass is 32.1. The number of para-hydroxylation sites is 1. The van der Waals surface area contributed by atoms with Crippen molar-refractivity contribution >= 4 is 34.1 Å². The van der Waals surface area contributed by atoms with Gasteiger partial charge in [0, 0.05) is 11.4 Å². The van der Waals surface area contributed by atoms with Crippen molar-refractivity contribution in [3.8, 4) is 5.75 Å². The summed E-state index contributed by atoms with van der Waals surface area (Å²) in [6.45, 7) is 1.60. The van der Waals surface area contributed by atoms with Crippen LogP contribution >= 0.6 is 11.3 Å². The summed E-state index contributed by atoms with van der Waals surface area (Å²) in [5.74, 6) is 1.23. The van der Waals surface area contributed by atoms with Crippen LogP contribution in [0.2, 0.25) is 0 Å². The van der Waals surface area contributed by atoms with Gasteiger partial charge in [-0.25, -0.2) is 14.6 Å². The normalized spacial score (nSPS) is 10.8. The maximum atomic E-state index is 12.0. The van der Waals surface area contributed by atoms with Crippen molar-refractivity contribution in [2.24, 2.45) is 0 Å². The molecule has 29 heavy (non-hydrogen) atoms. The van der Waals surface area contributed by atoms with Crippen molar-refractivity contribution in [3.05, 3.63) is 65.2 Å². The lowest BCUT2D eigenvalue weighted by atomic mass is 10.3. The van der Waals surface area contributed by atoms with E-state index in [1.54, 1.807) is 22.2 Å². The third-order valence-corrected chi connectivity index (χ3v) is 5.08. The highest BCUT2D eigenvalue weighted by Crippen LogP contribution is 2.20. The van der Waals surface area contributed by atoms with E-state index in [0.717, 1.165) is 16.9 Å². The van der Waals surface area contributed by atoms with Gasteiger partial charge in [-0.05, 0) is 23.6 Å². The van der Waals surface area contributed by atoms with Crippen molar-refractivity contribution < 1.29 is 9.53 Å². The van der Waals surface area contributed by atoms with Gasteiger partial charge in [-0.2, -0.15) is 5.10 Å². The van der Waals surface area contributed by atoms with Gasteiger partial charge in [0.25, 0.3) is 5.91 Å². The first kappa shape index (κ1) is 18.9. The maximum absolute atomic E-state index is 12.0. The molecule has 0 saturated heterocycles. The Bertz CT molecular complexity index is 1070. The summed E-state index contributed by atoms with van der Waals surface area (Å²) >= 11 is 1.69. The molecule has 4 aromatic rings. The molecule has 1 aromatic carbocycles. The average Bonchev–Trinajstić information content (AvgIpc) is 3.42. The lowest BCUT2D eigenvalue weighted by molar-refractivity contribution is -0.123. The fourth-order valence-electron chi connectivity index (χ4n) is 2.80. The third-order valence-electron chi connectivity index (χ3n) is 4.20. The summed E-state index contributed by atoms with van der Waals surface area (Å²) in [4.78, 5) is 21.8. The number of nitrogens with one attached hydrogen (secondary N) is 2. The molecular weight excluding hydrogens is 388 g/mol. The SMILES string of the molecule is O=C(COc1ccccc1)NCCn1ncc2c(NCc3cccs3)ncnc21. The van der Waals surface area contributed by atoms with Crippen molar-refractivity contribution in [2.75, 3.05) is 18.5 Å². The Kier molecular flexibility index (Phi) is 5.96. The molecule has 0 bridgehead atoms. The van der Waals surface area contributed by atoms with E-state index in [-0.39, 0.29) is 12.5 Å². The van der Waals surface area contributed by atoms with Crippen molar-refractivity contribution in [3.63, 3.8) is 0 Å². The first-order valence-electron chi connectivity index (χ1n) is 9.17. The number of aromatic nitrogens is 4. The Morgan fingerprint density at radius 3 is 2.86 bits per heavy atom. The van der Waals surface area contributed by atoms with Gasteiger partial charge in [0.2, 0.25) is 0 Å². The zero-order chi connectivity index (χ0) is 19.9. The van der Waals surface area contributed by atoms with Gasteiger partial charge in [0.05, 0.1) is 24.7 Å². The second-order valence-electron chi connectivity index (χ2n) is 6.21. The van der Waals surface area contributed by atoms with Crippen LogP contribution in [-0.4, -0.2) is 38.8 Å². The number of fused-ring (bicyclic) bond motifs is 1. The molecule has 0 aliphatic carbocycles. The fraction of sp³-hybridized carbons (Fsp3) is 0.200. The van der Waals surface area contributed by atoms with E-state index in [2.05, 4.69) is 31.8 Å². The lowest BCUT2D eigenvalue weighted by Crippen LogP contribution is -2.31. The molecule has 8 nitrogen and oxygen atoms in total. The Morgan fingerprint density at radius 2 is 2.03 bits per heavy atom. The standard InChI is InChI=1S/C20H20N6O2S/c27-18(13-28-15-5-2-1-3-6-15)21-8-9-26-20-17(12-25-26)19(23-14-24-20)22-11-16-7-4-10-29-16/h1-7,10,12,14H,8-9,11,13H2,(H,21,27)(H,22,23,24). The van der Waals surface area contributed by atoms with Crippen LogP contribution in [0.25, 0.3) is 11.0 Å². The summed E-state index contributed by atoms with van der Waals surface area (Å²) in [6.07, 6.45) is 3.26. The molecule has 0 aliphatic rings. The molecule has 0 aliphatic heterocycles. The van der Waals surface area contributed by atoms with Gasteiger partial charge in [-0.3, -0.25) is 4.79 Å². The summed E-state index contributed by atoms with van der Waals surface area (Å²) in [7, 11) is 0. The van der Waals surface area contributed by atoms with Crippen LogP contribution in [0.4, 0.5) is 5.82 Å². The van der Waals surface area contributed by atoms with Gasteiger partial charge < -0.3 is 15.4 Å². The van der Waals surface area contributed by atoms with Crippen molar-refractivity contribution in [1.82, 2.24) is 25.1 Å². The predicted octanol–water partition coefficient (Wildman–Crippen LogP) is 2.70. The Balaban J connectivity index is 1.30. The van der Waals surface area contributed by atoms with Gasteiger partial charge in [0.15, 0.2) is 12.3 Å². The van der Waals surface area contributed by atoms with E-state index in [1.165, 1.54) is 11.2 Å². The summed E-state index contributed by atoms with van der Waals surface area (Å²) in [6, 6.07) is 13.3. The molecule has 0 atom stereocenters. The second-order valence-corrected chi connectivity index (χ2v) is 7.24. The zero-order valence-corrected chi connectivity index (χ0v) is 16.4. The topological polar surface area (TPSA) is 94.0 Å². The molecule has 0 radical (unpaired) electrons. The molecule has 3 aromatic heterocycles. The van der Waals surface area contributed by atoms with Crippen molar-refractivity contribution in [1.29, 1.82) is 0 Å². The number of anilines is 1. The molecule has 4 rings (SSSR count). The summed E-state index contributed by atoms with van der Waals surface area (Å²) in [5, 5.41) is 13.4. The number of benzene rings is 1. The first-order valence-corrected chi connectivity index (χ1v) is 10.0. The second kappa shape index (κ2) is 9.16. The van der Waals surface area contributed by atoms with E-state index in [0.29, 0.717) is 25.4 Å². The number of carbonyl (C=O) groups is 1. The molecule has 2 N–H and O–H groups in total. The number of thiophene rings is 1. The Morgan fingerprint density at radius 1 is 1.14 bits per heavy atom. The molecule has 0 spiro atoms. The summed E-state index contributed by atoms with van der Waals surface area (Å²) in [5.41, 5.74) is 0.725. The number of carbonyl (C=O) groups excluding carboxylic acids is 1. The molecular formula is C20H20N6O2S. The number of ether oxygens (including phenoxy) is 1. The highest BCUT2D eigenvalue weighted by Gasteiger charge is 2.10. The Hall–Kier alpha value is -3.46. The minimum absolute atomic E-state index is 0.0250. The van der Waals surface area contributed by atoms with Crippen LogP contribution in [0.5, 0.6) is 5.75 Å². The van der Waals surface area contributed by atoms with Crippen LogP contribution in [-0.2, 0) is 17.9 Å². The number of nitrogens with zero attached hydrogens (tertiary/aromatic N) is 4. The molecule has 0 unspecified atom stereocenters. The minimum atomic E-state index is -0.182. The third kappa shape index (κ3) is 4.88. The fourth-order valence-corrected chi connectivity index (χ4v) is 3.44. The number of rotatable bonds is 9. The van der Waals surface area contributed by atoms with Crippen LogP contribution in [0.1, 0.15) is 4.88 Å². The number of hydrogen-bond donors (Lipinski definition) is 2. The monoisotopic (exact) mass is 408 g/mol. The lowest BCUT2D eigenvalue weighted by Gasteiger charge is -2.08. The maximum Gasteiger partial charge on any atom is 0.258 e. The van der Waals surface area contributed by atoms with Crippen molar-refractivity contribution in [2.45, 2.75) is 13.1 Å². The van der Waals surface area contributed by atoms with E-state index in [1.807, 2.05) is 41.8 Å². The first-order chi connectivity index (χ1) is 14.3. The van der Waals surface area contributed by atoms with Gasteiger partial charge >= 0.3 is 0 Å². The highest BCUT2D eigenvalue weighted by molar-refractivity contribution is 7.09. The zero-order valence-electron chi connectivity index (χ0n) is 15.6. The molecule has 0 fully saturated rings. The van der Waals surface area contributed by atoms with Crippen LogP contribution in [0, 0.1) is 0 Å². The van der Waals surface area contributed by atoms with E-state index in [4.69, 9.17) is 4.74 Å². The largest absolute Gasteiger partial charge is 0.484 e. The number of amides is 1. The van der Waals surface area contributed by atoms with Crippen LogP contribution in [0.3, 0.4) is 0 Å². The predicted molar refractivity (Wildman–Crippen MR) is 112 cm³/mol. The van der Waals surface area contributed by atoms with Gasteiger partial charge in [-0.1, -0.05) is 24.3 Å². The number of hydrogen-bond acceptors (Lipinski definition) is 7. The minimum Gasteiger partial charge on any atom is -0.484 e. The van der Waals surface area contributed by atoms with Crippen LogP contribution in [0.15, 0.2) is 60.4 Å². The molecule has 1 amide bonds. The smallest absolute Gasteiger partial charge is 0.258 e. The van der Waals surface area contributed by atoms with E-state index < -0.39 is 0 Å². The molecule has 3 heterocycles. The molecule has 148 valence electrons. The quantitative estimate of drug-likeness (QED) is 0.442. The Labute approximate surface area is 171 Å². The van der Waals surface area contributed by atoms with Gasteiger partial charge in [0.1, 0.15) is 17.9 Å². The molecule has 0 saturated carbocycles. The summed E-state index contributed by atoms with van der Waals surface area (Å²) < 4.78 is 7.19. The van der Waals surface area contributed by atoms with Gasteiger partial charge in [-0.15, -0.1) is 11.3 Å².